The average Bonchev–Trinajstić information content (AvgIpc) is 2.76. The van der Waals surface area contributed by atoms with E-state index in [9.17, 15) is 14.0 Å². The number of nitrogens with zero attached hydrogens (tertiary/aromatic N) is 1. The maximum absolute atomic E-state index is 13.1. The summed E-state index contributed by atoms with van der Waals surface area (Å²) >= 11 is 0. The summed E-state index contributed by atoms with van der Waals surface area (Å²) in [6, 6.07) is 9.51. The molecule has 1 atom stereocenters. The van der Waals surface area contributed by atoms with Crippen molar-refractivity contribution in [3.63, 3.8) is 0 Å². The van der Waals surface area contributed by atoms with Crippen LogP contribution < -0.4 is 20.2 Å². The molecule has 0 aliphatic rings. The number of benzene rings is 2. The maximum Gasteiger partial charge on any atom is 0.262 e. The Balaban J connectivity index is 2.09. The van der Waals surface area contributed by atoms with E-state index < -0.39 is 23.7 Å². The van der Waals surface area contributed by atoms with Crippen LogP contribution in [0.15, 0.2) is 60.2 Å². The van der Waals surface area contributed by atoms with Crippen molar-refractivity contribution in [3.8, 4) is 11.5 Å². The Morgan fingerprint density at radius 1 is 1.19 bits per heavy atom. The summed E-state index contributed by atoms with van der Waals surface area (Å²) in [5, 5.41) is 6.65. The minimum atomic E-state index is -0.837. The van der Waals surface area contributed by atoms with Crippen molar-refractivity contribution < 1.29 is 23.5 Å². The van der Waals surface area contributed by atoms with E-state index in [1.165, 1.54) is 37.6 Å². The summed E-state index contributed by atoms with van der Waals surface area (Å²) < 4.78 is 24.0. The molecule has 0 heterocycles. The lowest BCUT2D eigenvalue weighted by atomic mass is 10.0. The minimum Gasteiger partial charge on any atom is -0.493 e. The first kappa shape index (κ1) is 23.6. The Labute approximate surface area is 180 Å². The van der Waals surface area contributed by atoms with Crippen LogP contribution in [0, 0.1) is 11.7 Å². The van der Waals surface area contributed by atoms with Crippen LogP contribution in [0.25, 0.3) is 0 Å². The monoisotopic (exact) mass is 427 g/mol. The number of nitrogens with one attached hydrogen (secondary N) is 2. The number of halogens is 1. The summed E-state index contributed by atoms with van der Waals surface area (Å²) in [6.07, 6.45) is 3.03. The number of rotatable bonds is 10. The predicted octanol–water partition coefficient (Wildman–Crippen LogP) is 3.30. The largest absolute Gasteiger partial charge is 0.493 e. The Bertz CT molecular complexity index is 942. The SMILES string of the molecule is C=CCOc1c(/C=N/NC(=O)C(NC(=O)c2ccc(F)cc2)C(C)C)cccc1OC. The molecule has 2 rings (SSSR count). The summed E-state index contributed by atoms with van der Waals surface area (Å²) in [7, 11) is 1.52. The van der Waals surface area contributed by atoms with Crippen LogP contribution in [-0.4, -0.2) is 37.8 Å². The van der Waals surface area contributed by atoms with Gasteiger partial charge < -0.3 is 14.8 Å². The summed E-state index contributed by atoms with van der Waals surface area (Å²) in [5.74, 6) is -0.638. The highest BCUT2D eigenvalue weighted by atomic mass is 19.1. The van der Waals surface area contributed by atoms with Crippen molar-refractivity contribution in [2.24, 2.45) is 11.0 Å². The number of carbonyl (C=O) groups excluding carboxylic acids is 2. The lowest BCUT2D eigenvalue weighted by Gasteiger charge is -2.20. The van der Waals surface area contributed by atoms with Crippen molar-refractivity contribution >= 4 is 18.0 Å². The molecule has 0 bridgehead atoms. The van der Waals surface area contributed by atoms with E-state index in [1.54, 1.807) is 38.1 Å². The van der Waals surface area contributed by atoms with Gasteiger partial charge in [0.15, 0.2) is 11.5 Å². The second-order valence-electron chi connectivity index (χ2n) is 6.91. The first-order valence-electron chi connectivity index (χ1n) is 9.67. The fraction of sp³-hybridized carbons (Fsp3) is 0.261. The van der Waals surface area contributed by atoms with Crippen LogP contribution >= 0.6 is 0 Å². The van der Waals surface area contributed by atoms with Gasteiger partial charge in [-0.15, -0.1) is 0 Å². The molecule has 0 saturated carbocycles. The van der Waals surface area contributed by atoms with E-state index in [0.29, 0.717) is 17.1 Å². The molecule has 31 heavy (non-hydrogen) atoms. The van der Waals surface area contributed by atoms with Gasteiger partial charge in [0, 0.05) is 11.1 Å². The van der Waals surface area contributed by atoms with Gasteiger partial charge in [-0.3, -0.25) is 9.59 Å². The summed E-state index contributed by atoms with van der Waals surface area (Å²) in [4.78, 5) is 25.0. The maximum atomic E-state index is 13.1. The quantitative estimate of drug-likeness (QED) is 0.346. The molecule has 0 spiro atoms. The fourth-order valence-corrected chi connectivity index (χ4v) is 2.69. The number of hydrazone groups is 1. The first-order chi connectivity index (χ1) is 14.9. The highest BCUT2D eigenvalue weighted by Crippen LogP contribution is 2.30. The predicted molar refractivity (Wildman–Crippen MR) is 117 cm³/mol. The molecule has 8 heteroatoms. The van der Waals surface area contributed by atoms with E-state index in [-0.39, 0.29) is 18.1 Å². The number of carbonyl (C=O) groups is 2. The van der Waals surface area contributed by atoms with Crippen LogP contribution in [0.4, 0.5) is 4.39 Å². The van der Waals surface area contributed by atoms with Gasteiger partial charge in [-0.2, -0.15) is 5.10 Å². The smallest absolute Gasteiger partial charge is 0.262 e. The topological polar surface area (TPSA) is 89.0 Å². The van der Waals surface area contributed by atoms with Crippen molar-refractivity contribution in [1.82, 2.24) is 10.7 Å². The van der Waals surface area contributed by atoms with E-state index >= 15 is 0 Å². The lowest BCUT2D eigenvalue weighted by Crippen LogP contribution is -2.48. The van der Waals surface area contributed by atoms with Gasteiger partial charge in [-0.1, -0.05) is 32.6 Å². The van der Waals surface area contributed by atoms with E-state index in [0.717, 1.165) is 0 Å². The van der Waals surface area contributed by atoms with Crippen LogP contribution in [0.5, 0.6) is 11.5 Å². The van der Waals surface area contributed by atoms with Crippen LogP contribution in [-0.2, 0) is 4.79 Å². The van der Waals surface area contributed by atoms with Gasteiger partial charge in [0.2, 0.25) is 0 Å². The Morgan fingerprint density at radius 2 is 1.90 bits per heavy atom. The van der Waals surface area contributed by atoms with E-state index in [4.69, 9.17) is 9.47 Å². The minimum absolute atomic E-state index is 0.206. The Hall–Kier alpha value is -3.68. The molecule has 0 aliphatic heterocycles. The third-order valence-electron chi connectivity index (χ3n) is 4.30. The second-order valence-corrected chi connectivity index (χ2v) is 6.91. The van der Waals surface area contributed by atoms with Gasteiger partial charge >= 0.3 is 0 Å². The number of para-hydroxylation sites is 1. The number of hydrogen-bond acceptors (Lipinski definition) is 5. The third-order valence-corrected chi connectivity index (χ3v) is 4.30. The molecule has 2 aromatic rings. The molecule has 0 fully saturated rings. The normalized spacial score (nSPS) is 11.8. The molecule has 2 amide bonds. The van der Waals surface area contributed by atoms with E-state index in [1.807, 2.05) is 0 Å². The molecule has 0 saturated heterocycles. The second kappa shape index (κ2) is 11.5. The molecule has 7 nitrogen and oxygen atoms in total. The summed E-state index contributed by atoms with van der Waals surface area (Å²) in [5.41, 5.74) is 3.29. The molecule has 0 aromatic heterocycles. The fourth-order valence-electron chi connectivity index (χ4n) is 2.69. The number of hydrogen-bond donors (Lipinski definition) is 2. The highest BCUT2D eigenvalue weighted by Gasteiger charge is 2.24. The molecular weight excluding hydrogens is 401 g/mol. The van der Waals surface area contributed by atoms with Gasteiger partial charge in [-0.05, 0) is 42.3 Å². The lowest BCUT2D eigenvalue weighted by molar-refractivity contribution is -0.123. The van der Waals surface area contributed by atoms with Crippen molar-refractivity contribution in [1.29, 1.82) is 0 Å². The van der Waals surface area contributed by atoms with Crippen LogP contribution in [0.1, 0.15) is 29.8 Å². The average molecular weight is 427 g/mol. The summed E-state index contributed by atoms with van der Waals surface area (Å²) in [6.45, 7) is 7.49. The van der Waals surface area contributed by atoms with Crippen molar-refractivity contribution in [2.45, 2.75) is 19.9 Å². The van der Waals surface area contributed by atoms with Crippen molar-refractivity contribution in [2.75, 3.05) is 13.7 Å². The Kier molecular flexibility index (Phi) is 8.75. The number of ether oxygens (including phenoxy) is 2. The molecule has 2 N–H and O–H groups in total. The molecule has 1 unspecified atom stereocenters. The number of amides is 2. The molecular formula is C23H26FN3O4. The zero-order chi connectivity index (χ0) is 22.8. The van der Waals surface area contributed by atoms with E-state index in [2.05, 4.69) is 22.4 Å². The first-order valence-corrected chi connectivity index (χ1v) is 9.67. The van der Waals surface area contributed by atoms with Gasteiger partial charge in [0.25, 0.3) is 11.8 Å². The molecule has 2 aromatic carbocycles. The van der Waals surface area contributed by atoms with Gasteiger partial charge in [0.1, 0.15) is 18.5 Å². The molecule has 0 aliphatic carbocycles. The molecule has 0 radical (unpaired) electrons. The van der Waals surface area contributed by atoms with Crippen LogP contribution in [0.3, 0.4) is 0 Å². The standard InChI is InChI=1S/C23H26FN3O4/c1-5-13-31-21-17(7-6-8-19(21)30-4)14-25-27-23(29)20(15(2)3)26-22(28)16-9-11-18(24)12-10-16/h5-12,14-15,20H,1,13H2,2-4H3,(H,26,28)(H,27,29)/b25-14+. The zero-order valence-corrected chi connectivity index (χ0v) is 17.7. The highest BCUT2D eigenvalue weighted by molar-refractivity contribution is 5.97. The number of methoxy groups -OCH3 is 1. The van der Waals surface area contributed by atoms with Gasteiger partial charge in [-0.25, -0.2) is 9.82 Å². The van der Waals surface area contributed by atoms with Crippen LogP contribution in [0.2, 0.25) is 0 Å². The zero-order valence-electron chi connectivity index (χ0n) is 17.7. The molecule has 164 valence electrons. The van der Waals surface area contributed by atoms with Crippen molar-refractivity contribution in [3.05, 3.63) is 72.1 Å². The Morgan fingerprint density at radius 3 is 2.52 bits per heavy atom. The third kappa shape index (κ3) is 6.67. The van der Waals surface area contributed by atoms with Gasteiger partial charge in [0.05, 0.1) is 13.3 Å².